The van der Waals surface area contributed by atoms with E-state index in [0.717, 1.165) is 38.9 Å². The summed E-state index contributed by atoms with van der Waals surface area (Å²) in [4.78, 5) is 16.4. The summed E-state index contributed by atoms with van der Waals surface area (Å²) in [5, 5.41) is 0. The first kappa shape index (κ1) is 17.5. The maximum atomic E-state index is 12.1. The summed E-state index contributed by atoms with van der Waals surface area (Å²) in [7, 11) is 2.22. The van der Waals surface area contributed by atoms with Crippen molar-refractivity contribution in [3.63, 3.8) is 0 Å². The smallest absolute Gasteiger partial charge is 0.410 e. The molecule has 22 heavy (non-hydrogen) atoms. The van der Waals surface area contributed by atoms with E-state index in [1.54, 1.807) is 0 Å². The van der Waals surface area contributed by atoms with Crippen LogP contribution in [0.5, 0.6) is 0 Å². The number of likely N-dealkylation sites (tertiary alicyclic amines) is 1. The molecule has 1 heterocycles. The Bertz CT molecular complexity index is 386. The predicted molar refractivity (Wildman–Crippen MR) is 88.7 cm³/mol. The maximum Gasteiger partial charge on any atom is 0.410 e. The second-order valence-corrected chi connectivity index (χ2v) is 8.18. The van der Waals surface area contributed by atoms with Crippen molar-refractivity contribution in [1.29, 1.82) is 0 Å². The minimum Gasteiger partial charge on any atom is -0.444 e. The lowest BCUT2D eigenvalue weighted by Gasteiger charge is -2.47. The number of carbonyl (C=O) groups is 1. The molecule has 1 amide bonds. The van der Waals surface area contributed by atoms with E-state index in [1.165, 1.54) is 0 Å². The number of amides is 1. The van der Waals surface area contributed by atoms with Gasteiger partial charge in [-0.05, 0) is 58.9 Å². The molecule has 0 spiro atoms. The van der Waals surface area contributed by atoms with Crippen molar-refractivity contribution >= 4 is 6.09 Å². The third-order valence-corrected chi connectivity index (χ3v) is 5.17. The second-order valence-electron chi connectivity index (χ2n) is 8.18. The number of nitrogens with two attached hydrogens (primary N) is 1. The van der Waals surface area contributed by atoms with E-state index in [9.17, 15) is 4.79 Å². The first-order valence-corrected chi connectivity index (χ1v) is 8.61. The Morgan fingerprint density at radius 3 is 2.36 bits per heavy atom. The zero-order valence-electron chi connectivity index (χ0n) is 14.8. The molecule has 5 heteroatoms. The fourth-order valence-corrected chi connectivity index (χ4v) is 3.55. The zero-order chi connectivity index (χ0) is 16.5. The van der Waals surface area contributed by atoms with E-state index in [2.05, 4.69) is 18.9 Å². The van der Waals surface area contributed by atoms with Crippen LogP contribution in [0, 0.1) is 11.8 Å². The van der Waals surface area contributed by atoms with E-state index in [4.69, 9.17) is 10.5 Å². The van der Waals surface area contributed by atoms with Crippen molar-refractivity contribution in [3.8, 4) is 0 Å². The number of hydrogen-bond donors (Lipinski definition) is 1. The molecule has 0 unspecified atom stereocenters. The molecule has 5 nitrogen and oxygen atoms in total. The second kappa shape index (κ2) is 6.75. The van der Waals surface area contributed by atoms with Gasteiger partial charge in [-0.2, -0.15) is 0 Å². The third kappa shape index (κ3) is 4.35. The highest BCUT2D eigenvalue weighted by molar-refractivity contribution is 5.68. The third-order valence-electron chi connectivity index (χ3n) is 5.17. The van der Waals surface area contributed by atoms with E-state index < -0.39 is 5.60 Å². The first-order valence-electron chi connectivity index (χ1n) is 8.61. The molecule has 2 N–H and O–H groups in total. The molecule has 2 fully saturated rings. The molecule has 1 aliphatic heterocycles. The minimum atomic E-state index is -0.409. The van der Waals surface area contributed by atoms with Gasteiger partial charge in [0.05, 0.1) is 0 Å². The number of rotatable bonds is 3. The average molecular weight is 311 g/mol. The highest BCUT2D eigenvalue weighted by Gasteiger charge is 2.38. The topological polar surface area (TPSA) is 58.8 Å². The van der Waals surface area contributed by atoms with Crippen LogP contribution < -0.4 is 5.73 Å². The van der Waals surface area contributed by atoms with Crippen molar-refractivity contribution in [2.75, 3.05) is 26.7 Å². The SMILES string of the molecule is C[C@@H]1[C@H](N(C)CC2CCN(C(=O)OC(C)(C)C)CC2)C[C@@H]1N. The van der Waals surface area contributed by atoms with Crippen LogP contribution in [0.3, 0.4) is 0 Å². The van der Waals surface area contributed by atoms with Gasteiger partial charge in [-0.1, -0.05) is 6.92 Å². The Hall–Kier alpha value is -0.810. The summed E-state index contributed by atoms with van der Waals surface area (Å²) in [5.41, 5.74) is 5.59. The lowest BCUT2D eigenvalue weighted by atomic mass is 9.75. The number of nitrogens with zero attached hydrogens (tertiary/aromatic N) is 2. The van der Waals surface area contributed by atoms with E-state index >= 15 is 0 Å². The summed E-state index contributed by atoms with van der Waals surface area (Å²) in [6, 6.07) is 1.01. The summed E-state index contributed by atoms with van der Waals surface area (Å²) in [6.45, 7) is 10.7. The monoisotopic (exact) mass is 311 g/mol. The van der Waals surface area contributed by atoms with E-state index in [0.29, 0.717) is 23.9 Å². The lowest BCUT2D eigenvalue weighted by Crippen LogP contribution is -2.57. The van der Waals surface area contributed by atoms with E-state index in [-0.39, 0.29) is 6.09 Å². The standard InChI is InChI=1S/C17H33N3O2/c1-12-14(18)10-15(12)19(5)11-13-6-8-20(9-7-13)16(21)22-17(2,3)4/h12-15H,6-11,18H2,1-5H3/t12-,14-,15+/m0/s1. The van der Waals surface area contributed by atoms with Gasteiger partial charge in [0.15, 0.2) is 0 Å². The van der Waals surface area contributed by atoms with Crippen LogP contribution >= 0.6 is 0 Å². The molecule has 1 aliphatic carbocycles. The molecular formula is C17H33N3O2. The van der Waals surface area contributed by atoms with Gasteiger partial charge in [-0.3, -0.25) is 0 Å². The average Bonchev–Trinajstić information content (AvgIpc) is 2.43. The van der Waals surface area contributed by atoms with Crippen LogP contribution in [0.2, 0.25) is 0 Å². The molecular weight excluding hydrogens is 278 g/mol. The Morgan fingerprint density at radius 2 is 1.91 bits per heavy atom. The number of ether oxygens (including phenoxy) is 1. The molecule has 2 aliphatic rings. The quantitative estimate of drug-likeness (QED) is 0.869. The van der Waals surface area contributed by atoms with Gasteiger partial charge in [0.1, 0.15) is 5.60 Å². The Labute approximate surface area is 135 Å². The summed E-state index contributed by atoms with van der Waals surface area (Å²) in [5.74, 6) is 1.28. The molecule has 1 saturated carbocycles. The van der Waals surface area contributed by atoms with Crippen LogP contribution in [-0.2, 0) is 4.74 Å². The highest BCUT2D eigenvalue weighted by atomic mass is 16.6. The van der Waals surface area contributed by atoms with Crippen molar-refractivity contribution in [3.05, 3.63) is 0 Å². The molecule has 0 aromatic carbocycles. The van der Waals surface area contributed by atoms with Crippen molar-refractivity contribution < 1.29 is 9.53 Å². The van der Waals surface area contributed by atoms with Crippen LogP contribution in [-0.4, -0.2) is 60.3 Å². The minimum absolute atomic E-state index is 0.169. The normalized spacial score (nSPS) is 30.3. The van der Waals surface area contributed by atoms with Gasteiger partial charge >= 0.3 is 6.09 Å². The lowest BCUT2D eigenvalue weighted by molar-refractivity contribution is 0.0129. The highest BCUT2D eigenvalue weighted by Crippen LogP contribution is 2.31. The van der Waals surface area contributed by atoms with E-state index in [1.807, 2.05) is 25.7 Å². The Kier molecular flexibility index (Phi) is 5.38. The zero-order valence-corrected chi connectivity index (χ0v) is 14.8. The maximum absolute atomic E-state index is 12.1. The molecule has 0 radical (unpaired) electrons. The number of piperidine rings is 1. The van der Waals surface area contributed by atoms with Crippen LogP contribution in [0.4, 0.5) is 4.79 Å². The van der Waals surface area contributed by atoms with Crippen molar-refractivity contribution in [2.45, 2.75) is 64.6 Å². The molecule has 0 bridgehead atoms. The first-order chi connectivity index (χ1) is 10.2. The van der Waals surface area contributed by atoms with Crippen LogP contribution in [0.15, 0.2) is 0 Å². The molecule has 128 valence electrons. The van der Waals surface area contributed by atoms with Gasteiger partial charge in [0, 0.05) is 31.7 Å². The van der Waals surface area contributed by atoms with Gasteiger partial charge in [-0.25, -0.2) is 4.79 Å². The number of hydrogen-bond acceptors (Lipinski definition) is 4. The van der Waals surface area contributed by atoms with Gasteiger partial charge in [0.2, 0.25) is 0 Å². The Balaban J connectivity index is 1.72. The van der Waals surface area contributed by atoms with Crippen molar-refractivity contribution in [1.82, 2.24) is 9.80 Å². The fourth-order valence-electron chi connectivity index (χ4n) is 3.55. The fraction of sp³-hybridized carbons (Fsp3) is 0.941. The molecule has 0 aromatic heterocycles. The van der Waals surface area contributed by atoms with Crippen molar-refractivity contribution in [2.24, 2.45) is 17.6 Å². The van der Waals surface area contributed by atoms with Crippen LogP contribution in [0.1, 0.15) is 47.0 Å². The van der Waals surface area contributed by atoms with Gasteiger partial charge in [-0.15, -0.1) is 0 Å². The largest absolute Gasteiger partial charge is 0.444 e. The molecule has 3 atom stereocenters. The molecule has 2 rings (SSSR count). The molecule has 0 aromatic rings. The summed E-state index contributed by atoms with van der Waals surface area (Å²) >= 11 is 0. The van der Waals surface area contributed by atoms with Gasteiger partial charge in [0.25, 0.3) is 0 Å². The van der Waals surface area contributed by atoms with Crippen LogP contribution in [0.25, 0.3) is 0 Å². The predicted octanol–water partition coefficient (Wildman–Crippen LogP) is 2.30. The van der Waals surface area contributed by atoms with Gasteiger partial charge < -0.3 is 20.3 Å². The summed E-state index contributed by atoms with van der Waals surface area (Å²) < 4.78 is 5.45. The Morgan fingerprint density at radius 1 is 1.32 bits per heavy atom. The molecule has 1 saturated heterocycles. The number of carbonyl (C=O) groups excluding carboxylic acids is 1. The summed E-state index contributed by atoms with van der Waals surface area (Å²) in [6.07, 6.45) is 3.08.